The van der Waals surface area contributed by atoms with Gasteiger partial charge in [0.25, 0.3) is 0 Å². The molecule has 132 valence electrons. The lowest BCUT2D eigenvalue weighted by Crippen LogP contribution is -2.29. The summed E-state index contributed by atoms with van der Waals surface area (Å²) in [6, 6.07) is 0. The first-order valence-electron chi connectivity index (χ1n) is 7.32. The van der Waals surface area contributed by atoms with Crippen molar-refractivity contribution in [1.29, 1.82) is 0 Å². The second-order valence-electron chi connectivity index (χ2n) is 5.65. The third-order valence-corrected chi connectivity index (χ3v) is 3.84. The number of carbonyl (C=O) groups excluding carboxylic acids is 1. The monoisotopic (exact) mass is 344 g/mol. The maximum absolute atomic E-state index is 12.6. The number of halogens is 3. The molecule has 10 heteroatoms. The van der Waals surface area contributed by atoms with E-state index in [1.165, 1.54) is 17.8 Å². The molecule has 0 bridgehead atoms. The maximum atomic E-state index is 12.6. The zero-order chi connectivity index (χ0) is 18.1. The molecule has 2 rings (SSSR count). The molecule has 0 aromatic carbocycles. The minimum Gasteiger partial charge on any atom is -0.350 e. The van der Waals surface area contributed by atoms with Crippen molar-refractivity contribution in [3.05, 3.63) is 28.8 Å². The summed E-state index contributed by atoms with van der Waals surface area (Å²) in [6.45, 7) is 3.85. The van der Waals surface area contributed by atoms with Crippen LogP contribution in [-0.4, -0.2) is 36.9 Å². The van der Waals surface area contributed by atoms with Crippen LogP contribution in [0.4, 0.5) is 13.2 Å². The summed E-state index contributed by atoms with van der Waals surface area (Å²) >= 11 is 0. The maximum Gasteiger partial charge on any atom is 0.408 e. The highest BCUT2D eigenvalue weighted by atomic mass is 19.4. The Kier molecular flexibility index (Phi) is 4.95. The molecule has 2 aromatic rings. The molecular weight excluding hydrogens is 325 g/mol. The smallest absolute Gasteiger partial charge is 0.350 e. The standard InChI is InChI=1S/C14H19F3N6O/c1-8(13(24)18-5-11-6-19-21-22(11)4)12-9(2)20-23(10(12)3)7-14(15,16)17/h6,8H,5,7H2,1-4H3,(H,18,24). The summed E-state index contributed by atoms with van der Waals surface area (Å²) in [4.78, 5) is 12.3. The minimum atomic E-state index is -4.36. The van der Waals surface area contributed by atoms with Crippen molar-refractivity contribution in [2.24, 2.45) is 7.05 Å². The van der Waals surface area contributed by atoms with E-state index in [2.05, 4.69) is 20.7 Å². The molecule has 1 N–H and O–H groups in total. The van der Waals surface area contributed by atoms with Crippen molar-refractivity contribution in [3.63, 3.8) is 0 Å². The molecule has 0 aliphatic heterocycles. The molecule has 1 unspecified atom stereocenters. The normalized spacial score (nSPS) is 13.1. The first-order valence-corrected chi connectivity index (χ1v) is 7.32. The van der Waals surface area contributed by atoms with Crippen LogP contribution in [0.15, 0.2) is 6.20 Å². The Labute approximate surface area is 136 Å². The lowest BCUT2D eigenvalue weighted by molar-refractivity contribution is -0.143. The Morgan fingerprint density at radius 1 is 1.38 bits per heavy atom. The van der Waals surface area contributed by atoms with Gasteiger partial charge in [0, 0.05) is 18.3 Å². The quantitative estimate of drug-likeness (QED) is 0.894. The van der Waals surface area contributed by atoms with E-state index in [0.717, 1.165) is 10.4 Å². The van der Waals surface area contributed by atoms with E-state index in [0.29, 0.717) is 17.0 Å². The molecule has 0 saturated carbocycles. The fourth-order valence-electron chi connectivity index (χ4n) is 2.59. The number of aromatic nitrogens is 5. The Hall–Kier alpha value is -2.39. The van der Waals surface area contributed by atoms with Crippen molar-refractivity contribution >= 4 is 5.91 Å². The minimum absolute atomic E-state index is 0.238. The number of alkyl halides is 3. The zero-order valence-electron chi connectivity index (χ0n) is 13.8. The summed E-state index contributed by atoms with van der Waals surface area (Å²) in [5.41, 5.74) is 1.99. The van der Waals surface area contributed by atoms with Crippen molar-refractivity contribution in [1.82, 2.24) is 30.1 Å². The fourth-order valence-corrected chi connectivity index (χ4v) is 2.59. The number of amides is 1. The van der Waals surface area contributed by atoms with Crippen molar-refractivity contribution in [2.75, 3.05) is 0 Å². The number of hydrogen-bond acceptors (Lipinski definition) is 4. The number of nitrogens with zero attached hydrogens (tertiary/aromatic N) is 5. The van der Waals surface area contributed by atoms with Gasteiger partial charge in [-0.15, -0.1) is 5.10 Å². The van der Waals surface area contributed by atoms with E-state index < -0.39 is 18.6 Å². The molecule has 2 aromatic heterocycles. The van der Waals surface area contributed by atoms with Gasteiger partial charge in [-0.2, -0.15) is 18.3 Å². The number of nitrogens with one attached hydrogen (secondary N) is 1. The van der Waals surface area contributed by atoms with Gasteiger partial charge in [0.05, 0.1) is 30.0 Å². The summed E-state index contributed by atoms with van der Waals surface area (Å²) < 4.78 is 40.2. The SMILES string of the molecule is Cc1nn(CC(F)(F)F)c(C)c1C(C)C(=O)NCc1cnnn1C. The molecule has 0 saturated heterocycles. The highest BCUT2D eigenvalue weighted by Crippen LogP contribution is 2.26. The first-order chi connectivity index (χ1) is 11.1. The lowest BCUT2D eigenvalue weighted by Gasteiger charge is -2.14. The van der Waals surface area contributed by atoms with E-state index in [4.69, 9.17) is 0 Å². The number of rotatable bonds is 5. The van der Waals surface area contributed by atoms with Crippen molar-refractivity contribution in [2.45, 2.75) is 46.0 Å². The van der Waals surface area contributed by atoms with Gasteiger partial charge in [0.2, 0.25) is 5.91 Å². The second kappa shape index (κ2) is 6.62. The van der Waals surface area contributed by atoms with Crippen molar-refractivity contribution < 1.29 is 18.0 Å². The lowest BCUT2D eigenvalue weighted by atomic mass is 9.98. The summed E-state index contributed by atoms with van der Waals surface area (Å²) in [7, 11) is 1.70. The van der Waals surface area contributed by atoms with Crippen LogP contribution in [0.2, 0.25) is 0 Å². The van der Waals surface area contributed by atoms with Crippen molar-refractivity contribution in [3.8, 4) is 0 Å². The predicted molar refractivity (Wildman–Crippen MR) is 79.0 cm³/mol. The third-order valence-electron chi connectivity index (χ3n) is 3.84. The van der Waals surface area contributed by atoms with Gasteiger partial charge in [-0.05, 0) is 20.8 Å². The van der Waals surface area contributed by atoms with Crippen LogP contribution in [-0.2, 0) is 24.9 Å². The van der Waals surface area contributed by atoms with Crippen LogP contribution < -0.4 is 5.32 Å². The molecule has 0 aliphatic carbocycles. The molecule has 7 nitrogen and oxygen atoms in total. The fraction of sp³-hybridized carbons (Fsp3) is 0.571. The van der Waals surface area contributed by atoms with Crippen LogP contribution >= 0.6 is 0 Å². The van der Waals surface area contributed by atoms with Gasteiger partial charge in [0.1, 0.15) is 6.54 Å². The molecule has 0 spiro atoms. The summed E-state index contributed by atoms with van der Waals surface area (Å²) in [6.07, 6.45) is -2.83. The number of hydrogen-bond donors (Lipinski definition) is 1. The highest BCUT2D eigenvalue weighted by molar-refractivity contribution is 5.83. The number of aryl methyl sites for hydroxylation is 2. The third kappa shape index (κ3) is 3.92. The van der Waals surface area contributed by atoms with Gasteiger partial charge in [-0.25, -0.2) is 0 Å². The van der Waals surface area contributed by atoms with Crippen LogP contribution in [0.5, 0.6) is 0 Å². The Balaban J connectivity index is 2.12. The average Bonchev–Trinajstić information content (AvgIpc) is 2.98. The van der Waals surface area contributed by atoms with E-state index in [9.17, 15) is 18.0 Å². The Bertz CT molecular complexity index is 733. The molecule has 24 heavy (non-hydrogen) atoms. The average molecular weight is 344 g/mol. The largest absolute Gasteiger partial charge is 0.408 e. The van der Waals surface area contributed by atoms with E-state index in [1.807, 2.05) is 0 Å². The van der Waals surface area contributed by atoms with Gasteiger partial charge >= 0.3 is 6.18 Å². The molecule has 1 atom stereocenters. The van der Waals surface area contributed by atoms with E-state index >= 15 is 0 Å². The Morgan fingerprint density at radius 3 is 2.58 bits per heavy atom. The second-order valence-corrected chi connectivity index (χ2v) is 5.65. The van der Waals surface area contributed by atoms with Crippen LogP contribution in [0.1, 0.15) is 35.5 Å². The summed E-state index contributed by atoms with van der Waals surface area (Å²) in [5.74, 6) is -0.915. The molecular formula is C14H19F3N6O. The van der Waals surface area contributed by atoms with E-state index in [-0.39, 0.29) is 12.5 Å². The van der Waals surface area contributed by atoms with Crippen LogP contribution in [0.3, 0.4) is 0 Å². The molecule has 2 heterocycles. The van der Waals surface area contributed by atoms with Gasteiger partial charge in [-0.3, -0.25) is 14.2 Å². The topological polar surface area (TPSA) is 77.6 Å². The van der Waals surface area contributed by atoms with Gasteiger partial charge in [-0.1, -0.05) is 5.21 Å². The predicted octanol–water partition coefficient (Wildman–Crippen LogP) is 1.61. The van der Waals surface area contributed by atoms with Gasteiger partial charge in [0.15, 0.2) is 0 Å². The van der Waals surface area contributed by atoms with Gasteiger partial charge < -0.3 is 5.32 Å². The molecule has 0 fully saturated rings. The molecule has 1 amide bonds. The van der Waals surface area contributed by atoms with E-state index in [1.54, 1.807) is 20.9 Å². The Morgan fingerprint density at radius 2 is 2.04 bits per heavy atom. The molecule has 0 aliphatic rings. The summed E-state index contributed by atoms with van der Waals surface area (Å²) in [5, 5.41) is 14.1. The van der Waals surface area contributed by atoms with Crippen LogP contribution in [0, 0.1) is 13.8 Å². The molecule has 0 radical (unpaired) electrons. The first kappa shape index (κ1) is 18.0. The zero-order valence-corrected chi connectivity index (χ0v) is 13.8. The number of carbonyl (C=O) groups is 1. The highest BCUT2D eigenvalue weighted by Gasteiger charge is 2.31. The van der Waals surface area contributed by atoms with Crippen LogP contribution in [0.25, 0.3) is 0 Å².